The van der Waals surface area contributed by atoms with Crippen LogP contribution in [0.5, 0.6) is 0 Å². The molecule has 0 unspecified atom stereocenters. The number of aryl methyl sites for hydroxylation is 1. The lowest BCUT2D eigenvalue weighted by atomic mass is 10.2. The van der Waals surface area contributed by atoms with Crippen LogP contribution >= 0.6 is 0 Å². The highest BCUT2D eigenvalue weighted by molar-refractivity contribution is 5.86. The van der Waals surface area contributed by atoms with Gasteiger partial charge in [-0.05, 0) is 0 Å². The van der Waals surface area contributed by atoms with Crippen molar-refractivity contribution in [1.82, 2.24) is 29.5 Å². The zero-order valence-electron chi connectivity index (χ0n) is 15.0. The van der Waals surface area contributed by atoms with Crippen molar-refractivity contribution < 1.29 is 9.53 Å². The summed E-state index contributed by atoms with van der Waals surface area (Å²) in [7, 11) is 3.25. The van der Waals surface area contributed by atoms with E-state index in [4.69, 9.17) is 5.10 Å². The Morgan fingerprint density at radius 3 is 2.81 bits per heavy atom. The lowest BCUT2D eigenvalue weighted by Crippen LogP contribution is -2.28. The van der Waals surface area contributed by atoms with Gasteiger partial charge >= 0.3 is 6.09 Å². The number of aromatic nitrogens is 5. The number of benzene rings is 1. The molecule has 9 nitrogen and oxygen atoms in total. The summed E-state index contributed by atoms with van der Waals surface area (Å²) in [5.41, 5.74) is 4.13. The zero-order valence-corrected chi connectivity index (χ0v) is 15.0. The highest BCUT2D eigenvalue weighted by Crippen LogP contribution is 2.25. The van der Waals surface area contributed by atoms with E-state index in [1.807, 2.05) is 48.0 Å². The Labute approximate surface area is 155 Å². The average Bonchev–Trinajstić information content (AvgIpc) is 3.29. The number of imidazole rings is 1. The summed E-state index contributed by atoms with van der Waals surface area (Å²) in [4.78, 5) is 20.3. The van der Waals surface area contributed by atoms with E-state index < -0.39 is 6.09 Å². The van der Waals surface area contributed by atoms with Gasteiger partial charge in [0.25, 0.3) is 0 Å². The van der Waals surface area contributed by atoms with E-state index in [0.717, 1.165) is 16.9 Å². The monoisotopic (exact) mass is 365 g/mol. The van der Waals surface area contributed by atoms with Gasteiger partial charge in [-0.1, -0.05) is 30.3 Å². The maximum atomic E-state index is 11.1. The standard InChI is InChI=1S/C18H19N7O2/c1-24-11-21-15-16(19-8-9-20-18(26)27-2)22-14-10-13(23-25(14)17(15)24)12-6-4-3-5-7-12/h3-7,10-11H,8-9H2,1-2H3,(H,19,22)(H,20,26). The van der Waals surface area contributed by atoms with Crippen molar-refractivity contribution in [3.05, 3.63) is 42.7 Å². The molecule has 0 aliphatic heterocycles. The van der Waals surface area contributed by atoms with Gasteiger partial charge in [-0.2, -0.15) is 9.61 Å². The molecule has 1 amide bonds. The quantitative estimate of drug-likeness (QED) is 0.525. The van der Waals surface area contributed by atoms with Crippen molar-refractivity contribution in [3.63, 3.8) is 0 Å². The smallest absolute Gasteiger partial charge is 0.406 e. The molecular weight excluding hydrogens is 346 g/mol. The number of alkyl carbamates (subject to hydrolysis) is 1. The molecule has 3 aromatic heterocycles. The van der Waals surface area contributed by atoms with Crippen molar-refractivity contribution in [2.45, 2.75) is 0 Å². The van der Waals surface area contributed by atoms with Crippen molar-refractivity contribution in [2.24, 2.45) is 7.05 Å². The highest BCUT2D eigenvalue weighted by atomic mass is 16.5. The molecule has 1 aromatic carbocycles. The minimum absolute atomic E-state index is 0.405. The number of rotatable bonds is 5. The first-order chi connectivity index (χ1) is 13.2. The van der Waals surface area contributed by atoms with Crippen LogP contribution in [0, 0.1) is 0 Å². The molecule has 27 heavy (non-hydrogen) atoms. The van der Waals surface area contributed by atoms with Gasteiger partial charge in [0.1, 0.15) is 0 Å². The minimum Gasteiger partial charge on any atom is -0.453 e. The largest absolute Gasteiger partial charge is 0.453 e. The first-order valence-electron chi connectivity index (χ1n) is 8.49. The topological polar surface area (TPSA) is 98.4 Å². The molecule has 0 saturated carbocycles. The van der Waals surface area contributed by atoms with E-state index in [1.54, 1.807) is 10.8 Å². The number of nitrogens with one attached hydrogen (secondary N) is 2. The second-order valence-electron chi connectivity index (χ2n) is 6.00. The average molecular weight is 365 g/mol. The molecule has 0 aliphatic carbocycles. The molecule has 0 fully saturated rings. The maximum absolute atomic E-state index is 11.1. The second-order valence-corrected chi connectivity index (χ2v) is 6.00. The van der Waals surface area contributed by atoms with Crippen molar-refractivity contribution in [1.29, 1.82) is 0 Å². The molecular formula is C18H19N7O2. The predicted molar refractivity (Wildman–Crippen MR) is 102 cm³/mol. The van der Waals surface area contributed by atoms with Gasteiger partial charge in [-0.15, -0.1) is 0 Å². The van der Waals surface area contributed by atoms with Crippen LogP contribution in [0.3, 0.4) is 0 Å². The molecule has 9 heteroatoms. The molecule has 3 heterocycles. The summed E-state index contributed by atoms with van der Waals surface area (Å²) in [5.74, 6) is 0.643. The molecule has 4 rings (SSSR count). The van der Waals surface area contributed by atoms with Crippen LogP contribution in [0.2, 0.25) is 0 Å². The number of nitrogens with zero attached hydrogens (tertiary/aromatic N) is 5. The minimum atomic E-state index is -0.466. The van der Waals surface area contributed by atoms with Gasteiger partial charge in [0, 0.05) is 31.8 Å². The summed E-state index contributed by atoms with van der Waals surface area (Å²) in [6, 6.07) is 11.9. The lowest BCUT2D eigenvalue weighted by molar-refractivity contribution is 0.171. The number of fused-ring (bicyclic) bond motifs is 3. The zero-order chi connectivity index (χ0) is 18.8. The van der Waals surface area contributed by atoms with Gasteiger partial charge in [0.15, 0.2) is 22.6 Å². The molecule has 0 spiro atoms. The van der Waals surface area contributed by atoms with Crippen molar-refractivity contribution in [3.8, 4) is 11.3 Å². The summed E-state index contributed by atoms with van der Waals surface area (Å²) >= 11 is 0. The summed E-state index contributed by atoms with van der Waals surface area (Å²) in [6.45, 7) is 0.895. The van der Waals surface area contributed by atoms with E-state index in [2.05, 4.69) is 25.3 Å². The van der Waals surface area contributed by atoms with Gasteiger partial charge in [0.05, 0.1) is 19.1 Å². The van der Waals surface area contributed by atoms with Gasteiger partial charge in [0.2, 0.25) is 0 Å². The Bertz CT molecular complexity index is 1100. The molecule has 0 aliphatic rings. The van der Waals surface area contributed by atoms with E-state index in [-0.39, 0.29) is 0 Å². The summed E-state index contributed by atoms with van der Waals surface area (Å²) in [5, 5.41) is 10.6. The van der Waals surface area contributed by atoms with Crippen LogP contribution in [0.1, 0.15) is 0 Å². The van der Waals surface area contributed by atoms with Crippen LogP contribution < -0.4 is 10.6 Å². The molecule has 4 aromatic rings. The van der Waals surface area contributed by atoms with Crippen LogP contribution in [-0.4, -0.2) is 50.4 Å². The number of carbonyl (C=O) groups is 1. The fraction of sp³-hybridized carbons (Fsp3) is 0.222. The van der Waals surface area contributed by atoms with Crippen LogP contribution in [0.25, 0.3) is 28.1 Å². The summed E-state index contributed by atoms with van der Waals surface area (Å²) < 4.78 is 8.26. The van der Waals surface area contributed by atoms with Crippen molar-refractivity contribution in [2.75, 3.05) is 25.5 Å². The predicted octanol–water partition coefficient (Wildman–Crippen LogP) is 2.05. The molecule has 138 valence electrons. The van der Waals surface area contributed by atoms with Gasteiger partial charge in [-0.25, -0.2) is 14.8 Å². The maximum Gasteiger partial charge on any atom is 0.406 e. The third-order valence-corrected chi connectivity index (χ3v) is 4.19. The number of anilines is 1. The fourth-order valence-electron chi connectivity index (χ4n) is 2.91. The molecule has 0 radical (unpaired) electrons. The number of hydrogen-bond acceptors (Lipinski definition) is 6. The third-order valence-electron chi connectivity index (χ3n) is 4.19. The number of hydrogen-bond donors (Lipinski definition) is 2. The number of carbonyl (C=O) groups excluding carboxylic acids is 1. The Morgan fingerprint density at radius 1 is 1.22 bits per heavy atom. The Kier molecular flexibility index (Phi) is 4.33. The first-order valence-corrected chi connectivity index (χ1v) is 8.49. The molecule has 2 N–H and O–H groups in total. The highest BCUT2D eigenvalue weighted by Gasteiger charge is 2.15. The van der Waals surface area contributed by atoms with Gasteiger partial charge < -0.3 is 19.9 Å². The van der Waals surface area contributed by atoms with E-state index >= 15 is 0 Å². The van der Waals surface area contributed by atoms with Crippen LogP contribution in [0.4, 0.5) is 10.6 Å². The molecule has 0 saturated heterocycles. The van der Waals surface area contributed by atoms with Crippen molar-refractivity contribution >= 4 is 28.7 Å². The Morgan fingerprint density at radius 2 is 2.04 bits per heavy atom. The summed E-state index contributed by atoms with van der Waals surface area (Å²) in [6.07, 6.45) is 1.26. The molecule has 0 atom stereocenters. The van der Waals surface area contributed by atoms with E-state index in [0.29, 0.717) is 30.1 Å². The van der Waals surface area contributed by atoms with Gasteiger partial charge in [-0.3, -0.25) is 0 Å². The molecule has 0 bridgehead atoms. The van der Waals surface area contributed by atoms with E-state index in [1.165, 1.54) is 7.11 Å². The number of ether oxygens (including phenoxy) is 1. The fourth-order valence-corrected chi connectivity index (χ4v) is 2.91. The first kappa shape index (κ1) is 16.8. The number of methoxy groups -OCH3 is 1. The normalized spacial score (nSPS) is 11.0. The van der Waals surface area contributed by atoms with Crippen LogP contribution in [-0.2, 0) is 11.8 Å². The third kappa shape index (κ3) is 3.14. The number of amides is 1. The second kappa shape index (κ2) is 6.94. The Hall–Kier alpha value is -3.62. The van der Waals surface area contributed by atoms with Crippen LogP contribution in [0.15, 0.2) is 42.7 Å². The Balaban J connectivity index is 1.70. The SMILES string of the molecule is COC(=O)NCCNc1nc2cc(-c3ccccc3)nn2c2c1ncn2C. The van der Waals surface area contributed by atoms with E-state index in [9.17, 15) is 4.79 Å². The lowest BCUT2D eigenvalue weighted by Gasteiger charge is -2.08.